The maximum atomic E-state index is 12.9. The second-order valence-electron chi connectivity index (χ2n) is 7.81. The number of aromatic nitrogens is 2. The third-order valence-corrected chi connectivity index (χ3v) is 5.53. The van der Waals surface area contributed by atoms with Gasteiger partial charge in [-0.15, -0.1) is 4.68 Å². The fourth-order valence-electron chi connectivity index (χ4n) is 3.75. The van der Waals surface area contributed by atoms with Gasteiger partial charge in [-0.25, -0.2) is 4.79 Å². The molecule has 1 N–H and O–H groups in total. The van der Waals surface area contributed by atoms with Crippen LogP contribution in [0.5, 0.6) is 5.75 Å². The van der Waals surface area contributed by atoms with E-state index in [0.29, 0.717) is 28.8 Å². The molecule has 0 atom stereocenters. The lowest BCUT2D eigenvalue weighted by atomic mass is 10.0. The highest BCUT2D eigenvalue weighted by Crippen LogP contribution is 2.27. The molecule has 4 aromatic carbocycles. The Kier molecular flexibility index (Phi) is 5.32. The van der Waals surface area contributed by atoms with Crippen LogP contribution in [-0.4, -0.2) is 15.9 Å². The second kappa shape index (κ2) is 8.59. The molecule has 162 valence electrons. The van der Waals surface area contributed by atoms with Crippen molar-refractivity contribution >= 4 is 27.9 Å². The Labute approximate surface area is 189 Å². The number of nitrogens with one attached hydrogen (secondary N) is 1. The molecule has 0 aliphatic carbocycles. The van der Waals surface area contributed by atoms with Crippen LogP contribution in [0.4, 0.5) is 0 Å². The number of fused-ring (bicyclic) bond motifs is 2. The minimum absolute atomic E-state index is 0.385. The first-order valence-electron chi connectivity index (χ1n) is 10.6. The van der Waals surface area contributed by atoms with E-state index in [9.17, 15) is 9.59 Å². The molecule has 5 aromatic rings. The van der Waals surface area contributed by atoms with Crippen molar-refractivity contribution in [2.75, 3.05) is 0 Å². The summed E-state index contributed by atoms with van der Waals surface area (Å²) in [5, 5.41) is 6.56. The Morgan fingerprint density at radius 3 is 2.42 bits per heavy atom. The Balaban J connectivity index is 1.58. The van der Waals surface area contributed by atoms with E-state index in [0.717, 1.165) is 21.0 Å². The number of H-pyrrole nitrogens is 1. The van der Waals surface area contributed by atoms with Crippen molar-refractivity contribution in [3.8, 4) is 5.75 Å². The van der Waals surface area contributed by atoms with Crippen LogP contribution in [0.2, 0.25) is 0 Å². The first-order chi connectivity index (χ1) is 16.1. The van der Waals surface area contributed by atoms with E-state index in [4.69, 9.17) is 4.74 Å². The first-order valence-corrected chi connectivity index (χ1v) is 10.6. The van der Waals surface area contributed by atoms with Crippen molar-refractivity contribution in [1.82, 2.24) is 9.66 Å². The number of benzene rings is 4. The minimum atomic E-state index is -0.600. The molecule has 5 rings (SSSR count). The number of hydrogen-bond acceptors (Lipinski definition) is 4. The summed E-state index contributed by atoms with van der Waals surface area (Å²) in [5.74, 6) is 0.614. The van der Waals surface area contributed by atoms with E-state index in [-0.39, 0.29) is 0 Å². The van der Waals surface area contributed by atoms with Crippen molar-refractivity contribution in [3.05, 3.63) is 122 Å². The van der Waals surface area contributed by atoms with Gasteiger partial charge in [0.2, 0.25) is 0 Å². The van der Waals surface area contributed by atoms with Gasteiger partial charge in [-0.1, -0.05) is 72.3 Å². The SMILES string of the molecule is Cc1ccc(COc2ccc3ccccc3c2C=Nn2c(=O)[nH]c3ccccc3c2=O)cc1. The van der Waals surface area contributed by atoms with Crippen molar-refractivity contribution in [2.24, 2.45) is 5.10 Å². The third kappa shape index (κ3) is 4.06. The number of para-hydroxylation sites is 1. The van der Waals surface area contributed by atoms with E-state index < -0.39 is 11.2 Å². The lowest BCUT2D eigenvalue weighted by Gasteiger charge is -2.12. The van der Waals surface area contributed by atoms with E-state index in [1.807, 2.05) is 67.6 Å². The zero-order chi connectivity index (χ0) is 22.8. The number of aryl methyl sites for hydroxylation is 1. The number of nitrogens with zero attached hydrogens (tertiary/aromatic N) is 2. The Morgan fingerprint density at radius 2 is 1.61 bits per heavy atom. The van der Waals surface area contributed by atoms with Crippen molar-refractivity contribution in [3.63, 3.8) is 0 Å². The van der Waals surface area contributed by atoms with Crippen LogP contribution < -0.4 is 16.0 Å². The van der Waals surface area contributed by atoms with Crippen molar-refractivity contribution < 1.29 is 4.74 Å². The smallest absolute Gasteiger partial charge is 0.349 e. The summed E-state index contributed by atoms with van der Waals surface area (Å²) < 4.78 is 6.97. The molecule has 0 aliphatic rings. The lowest BCUT2D eigenvalue weighted by molar-refractivity contribution is 0.306. The Morgan fingerprint density at radius 1 is 0.879 bits per heavy atom. The van der Waals surface area contributed by atoms with Gasteiger partial charge < -0.3 is 9.72 Å². The van der Waals surface area contributed by atoms with E-state index in [1.165, 1.54) is 11.8 Å². The van der Waals surface area contributed by atoms with Crippen LogP contribution in [0.15, 0.2) is 99.6 Å². The lowest BCUT2D eigenvalue weighted by Crippen LogP contribution is -2.32. The fraction of sp³-hybridized carbons (Fsp3) is 0.0741. The molecule has 0 fully saturated rings. The molecule has 33 heavy (non-hydrogen) atoms. The Bertz CT molecular complexity index is 1610. The van der Waals surface area contributed by atoms with Gasteiger partial charge in [0.1, 0.15) is 12.4 Å². The monoisotopic (exact) mass is 435 g/mol. The predicted octanol–water partition coefficient (Wildman–Crippen LogP) is 4.61. The molecular formula is C27H21N3O3. The molecule has 0 saturated heterocycles. The number of hydrogen-bond donors (Lipinski definition) is 1. The molecule has 0 aliphatic heterocycles. The van der Waals surface area contributed by atoms with Gasteiger partial charge in [-0.05, 0) is 41.5 Å². The highest BCUT2D eigenvalue weighted by Gasteiger charge is 2.10. The summed E-state index contributed by atoms with van der Waals surface area (Å²) >= 11 is 0. The summed E-state index contributed by atoms with van der Waals surface area (Å²) in [5.41, 5.74) is 2.32. The summed E-state index contributed by atoms with van der Waals surface area (Å²) in [6, 6.07) is 26.7. The second-order valence-corrected chi connectivity index (χ2v) is 7.81. The van der Waals surface area contributed by atoms with Crippen LogP contribution in [0, 0.1) is 6.92 Å². The largest absolute Gasteiger partial charge is 0.488 e. The zero-order valence-electron chi connectivity index (χ0n) is 18.0. The van der Waals surface area contributed by atoms with Crippen LogP contribution in [0.1, 0.15) is 16.7 Å². The number of ether oxygens (including phenoxy) is 1. The molecule has 1 heterocycles. The number of aromatic amines is 1. The molecule has 6 nitrogen and oxygen atoms in total. The van der Waals surface area contributed by atoms with Crippen LogP contribution in [-0.2, 0) is 6.61 Å². The van der Waals surface area contributed by atoms with Gasteiger partial charge in [0, 0.05) is 5.56 Å². The molecular weight excluding hydrogens is 414 g/mol. The molecule has 0 unspecified atom stereocenters. The highest BCUT2D eigenvalue weighted by atomic mass is 16.5. The number of rotatable bonds is 5. The molecule has 0 radical (unpaired) electrons. The predicted molar refractivity (Wildman–Crippen MR) is 131 cm³/mol. The van der Waals surface area contributed by atoms with Gasteiger partial charge in [-0.3, -0.25) is 4.79 Å². The normalized spacial score (nSPS) is 11.4. The van der Waals surface area contributed by atoms with Crippen LogP contribution in [0.3, 0.4) is 0 Å². The van der Waals surface area contributed by atoms with Gasteiger partial charge in [0.25, 0.3) is 5.56 Å². The average Bonchev–Trinajstić information content (AvgIpc) is 2.84. The molecule has 0 saturated carbocycles. The quantitative estimate of drug-likeness (QED) is 0.410. The maximum Gasteiger partial charge on any atom is 0.349 e. The topological polar surface area (TPSA) is 76.5 Å². The first kappa shape index (κ1) is 20.5. The summed E-state index contributed by atoms with van der Waals surface area (Å²) in [7, 11) is 0. The standard InChI is InChI=1S/C27H21N3O3/c1-18-10-12-19(13-11-18)17-33-25-15-14-20-6-2-3-7-21(20)23(25)16-28-30-26(31)22-8-4-5-9-24(22)29-27(30)32/h2-16H,17H2,1H3,(H,29,32). The zero-order valence-corrected chi connectivity index (χ0v) is 18.0. The van der Waals surface area contributed by atoms with Gasteiger partial charge in [-0.2, -0.15) is 5.10 Å². The minimum Gasteiger partial charge on any atom is -0.488 e. The maximum absolute atomic E-state index is 12.9. The third-order valence-electron chi connectivity index (χ3n) is 5.53. The molecule has 0 bridgehead atoms. The fourth-order valence-corrected chi connectivity index (χ4v) is 3.75. The summed E-state index contributed by atoms with van der Waals surface area (Å²) in [6.45, 7) is 2.43. The van der Waals surface area contributed by atoms with E-state index >= 15 is 0 Å². The van der Waals surface area contributed by atoms with Crippen molar-refractivity contribution in [2.45, 2.75) is 13.5 Å². The van der Waals surface area contributed by atoms with Gasteiger partial charge in [0.15, 0.2) is 0 Å². The molecule has 0 spiro atoms. The van der Waals surface area contributed by atoms with E-state index in [1.54, 1.807) is 24.3 Å². The highest BCUT2D eigenvalue weighted by molar-refractivity contribution is 6.02. The van der Waals surface area contributed by atoms with Crippen LogP contribution in [0.25, 0.3) is 21.7 Å². The van der Waals surface area contributed by atoms with Crippen LogP contribution >= 0.6 is 0 Å². The van der Waals surface area contributed by atoms with Crippen molar-refractivity contribution in [1.29, 1.82) is 0 Å². The summed E-state index contributed by atoms with van der Waals surface area (Å²) in [6.07, 6.45) is 1.51. The average molecular weight is 435 g/mol. The van der Waals surface area contributed by atoms with Gasteiger partial charge >= 0.3 is 5.69 Å². The molecule has 6 heteroatoms. The summed E-state index contributed by atoms with van der Waals surface area (Å²) in [4.78, 5) is 28.1. The Hall–Kier alpha value is -4.45. The molecule has 1 aromatic heterocycles. The molecule has 0 amide bonds. The van der Waals surface area contributed by atoms with E-state index in [2.05, 4.69) is 10.1 Å². The van der Waals surface area contributed by atoms with Gasteiger partial charge in [0.05, 0.1) is 17.1 Å².